The Kier molecular flexibility index (Phi) is 4.58. The molecule has 11 heteroatoms. The predicted octanol–water partition coefficient (Wildman–Crippen LogP) is 4.18. The number of pyridine rings is 1. The van der Waals surface area contributed by atoms with Crippen molar-refractivity contribution in [2.24, 2.45) is 5.41 Å². The van der Waals surface area contributed by atoms with E-state index in [2.05, 4.69) is 20.5 Å². The molecular weight excluding hydrogens is 466 g/mol. The Balaban J connectivity index is 1.14. The highest BCUT2D eigenvalue weighted by atomic mass is 19.4. The highest BCUT2D eigenvalue weighted by Crippen LogP contribution is 2.62. The van der Waals surface area contributed by atoms with Crippen LogP contribution in [0.25, 0.3) is 16.4 Å². The Morgan fingerprint density at radius 3 is 2.57 bits per heavy atom. The zero-order chi connectivity index (χ0) is 24.5. The summed E-state index contributed by atoms with van der Waals surface area (Å²) in [6.45, 7) is 0. The van der Waals surface area contributed by atoms with Crippen molar-refractivity contribution in [3.8, 4) is 0 Å². The molecule has 4 aromatic rings. The molecule has 3 aromatic heterocycles. The molecule has 1 spiro atoms. The third-order valence-electron chi connectivity index (χ3n) is 7.29. The molecule has 3 heterocycles. The van der Waals surface area contributed by atoms with Crippen molar-refractivity contribution in [1.82, 2.24) is 24.9 Å². The average molecular weight is 485 g/mol. The highest BCUT2D eigenvalue weighted by Gasteiger charge is 2.54. The Bertz CT molecular complexity index is 1540. The molecule has 180 valence electrons. The van der Waals surface area contributed by atoms with Gasteiger partial charge in [0, 0.05) is 23.5 Å². The summed E-state index contributed by atoms with van der Waals surface area (Å²) in [7, 11) is 0. The average Bonchev–Trinajstić information content (AvgIpc) is 3.20. The van der Waals surface area contributed by atoms with Gasteiger partial charge in [-0.15, -0.1) is 0 Å². The summed E-state index contributed by atoms with van der Waals surface area (Å²) >= 11 is 0. The zero-order valence-corrected chi connectivity index (χ0v) is 18.2. The van der Waals surface area contributed by atoms with Gasteiger partial charge in [0.25, 0.3) is 11.5 Å². The van der Waals surface area contributed by atoms with E-state index in [1.165, 1.54) is 0 Å². The minimum absolute atomic E-state index is 0.0660. The van der Waals surface area contributed by atoms with Crippen molar-refractivity contribution in [2.45, 2.75) is 43.8 Å². The fraction of sp³-hybridized carbons (Fsp3) is 0.333. The summed E-state index contributed by atoms with van der Waals surface area (Å²) in [4.78, 5) is 28.6. The number of aromatic nitrogens is 4. The number of aromatic amines is 1. The lowest BCUT2D eigenvalue weighted by molar-refractivity contribution is -0.138. The van der Waals surface area contributed by atoms with Crippen molar-refractivity contribution in [3.05, 3.63) is 75.8 Å². The van der Waals surface area contributed by atoms with Gasteiger partial charge >= 0.3 is 6.18 Å². The van der Waals surface area contributed by atoms with Crippen molar-refractivity contribution in [1.29, 1.82) is 0 Å². The lowest BCUT2D eigenvalue weighted by Gasteiger charge is -2.57. The normalized spacial score (nSPS) is 23.9. The van der Waals surface area contributed by atoms with Crippen molar-refractivity contribution >= 4 is 22.3 Å². The van der Waals surface area contributed by atoms with Crippen LogP contribution in [0.5, 0.6) is 0 Å². The first-order valence-electron chi connectivity index (χ1n) is 11.2. The van der Waals surface area contributed by atoms with Gasteiger partial charge < -0.3 is 5.32 Å². The van der Waals surface area contributed by atoms with E-state index in [0.717, 1.165) is 47.4 Å². The lowest BCUT2D eigenvalue weighted by Crippen LogP contribution is -2.55. The number of imidazole rings is 1. The first-order valence-corrected chi connectivity index (χ1v) is 11.2. The number of halogens is 4. The summed E-state index contributed by atoms with van der Waals surface area (Å²) < 4.78 is 54.2. The number of rotatable bonds is 3. The predicted molar refractivity (Wildman–Crippen MR) is 117 cm³/mol. The fourth-order valence-corrected chi connectivity index (χ4v) is 5.68. The largest absolute Gasteiger partial charge is 0.417 e. The fourth-order valence-electron chi connectivity index (χ4n) is 5.68. The third-order valence-corrected chi connectivity index (χ3v) is 7.29. The molecule has 6 rings (SSSR count). The summed E-state index contributed by atoms with van der Waals surface area (Å²) in [5.74, 6) is -1.54. The van der Waals surface area contributed by atoms with Crippen molar-refractivity contribution in [3.63, 3.8) is 0 Å². The molecule has 35 heavy (non-hydrogen) atoms. The summed E-state index contributed by atoms with van der Waals surface area (Å²) in [6.07, 6.45) is 0.219. The van der Waals surface area contributed by atoms with Gasteiger partial charge in [0.2, 0.25) is 0 Å². The summed E-state index contributed by atoms with van der Waals surface area (Å²) in [6, 6.07) is 7.58. The quantitative estimate of drug-likeness (QED) is 0.426. The third kappa shape index (κ3) is 3.48. The molecule has 0 aliphatic heterocycles. The van der Waals surface area contributed by atoms with Gasteiger partial charge in [-0.05, 0) is 43.2 Å². The molecule has 2 N–H and O–H groups in total. The second kappa shape index (κ2) is 7.37. The number of amides is 1. The van der Waals surface area contributed by atoms with E-state index in [9.17, 15) is 27.2 Å². The van der Waals surface area contributed by atoms with Crippen LogP contribution in [-0.2, 0) is 6.18 Å². The minimum Gasteiger partial charge on any atom is -0.348 e. The van der Waals surface area contributed by atoms with E-state index in [1.807, 2.05) is 18.2 Å². The molecule has 7 nitrogen and oxygen atoms in total. The van der Waals surface area contributed by atoms with Gasteiger partial charge in [0.05, 0.1) is 22.8 Å². The van der Waals surface area contributed by atoms with Gasteiger partial charge in [-0.2, -0.15) is 18.3 Å². The van der Waals surface area contributed by atoms with Crippen LogP contribution < -0.4 is 10.9 Å². The molecule has 0 atom stereocenters. The lowest BCUT2D eigenvalue weighted by atomic mass is 9.49. The molecule has 1 amide bonds. The van der Waals surface area contributed by atoms with Gasteiger partial charge in [0.15, 0.2) is 11.5 Å². The number of alkyl halides is 3. The number of H-pyrrole nitrogens is 1. The van der Waals surface area contributed by atoms with Crippen LogP contribution in [0, 0.1) is 11.2 Å². The molecule has 1 aromatic carbocycles. The van der Waals surface area contributed by atoms with E-state index in [4.69, 9.17) is 0 Å². The Morgan fingerprint density at radius 2 is 1.86 bits per heavy atom. The molecule has 0 radical (unpaired) electrons. The van der Waals surface area contributed by atoms with E-state index in [1.54, 1.807) is 6.07 Å². The van der Waals surface area contributed by atoms with E-state index in [0.29, 0.717) is 17.6 Å². The molecule has 0 bridgehead atoms. The second-order valence-corrected chi connectivity index (χ2v) is 9.58. The van der Waals surface area contributed by atoms with Crippen LogP contribution in [0.1, 0.15) is 53.3 Å². The van der Waals surface area contributed by atoms with Crippen LogP contribution in [0.3, 0.4) is 0 Å². The number of carbonyl (C=O) groups excluding carboxylic acids is 1. The van der Waals surface area contributed by atoms with Gasteiger partial charge in [-0.3, -0.25) is 14.0 Å². The molecule has 2 saturated carbocycles. The Labute approximate surface area is 195 Å². The SMILES string of the molecule is O=C(NC1CC2(C1)CC(c1n[nH]c(=O)c3ccccc13)C2)c1cnc2c(F)cc(C(F)(F)F)cn12. The van der Waals surface area contributed by atoms with Crippen LogP contribution in [0.4, 0.5) is 17.6 Å². The van der Waals surface area contributed by atoms with Crippen LogP contribution in [0.15, 0.2) is 47.5 Å². The molecular formula is C24H19F4N5O2. The molecule has 2 fully saturated rings. The maximum Gasteiger partial charge on any atom is 0.417 e. The number of hydrogen-bond donors (Lipinski definition) is 2. The maximum atomic E-state index is 14.1. The Morgan fingerprint density at radius 1 is 1.14 bits per heavy atom. The zero-order valence-electron chi connectivity index (χ0n) is 18.2. The molecule has 2 aliphatic rings. The van der Waals surface area contributed by atoms with Crippen molar-refractivity contribution < 1.29 is 22.4 Å². The topological polar surface area (TPSA) is 92.1 Å². The minimum atomic E-state index is -4.75. The first-order chi connectivity index (χ1) is 16.6. The number of fused-ring (bicyclic) bond motifs is 2. The van der Waals surface area contributed by atoms with Gasteiger partial charge in [-0.1, -0.05) is 18.2 Å². The first kappa shape index (κ1) is 21.8. The summed E-state index contributed by atoms with van der Waals surface area (Å²) in [5.41, 5.74) is -0.972. The number of hydrogen-bond acceptors (Lipinski definition) is 4. The number of nitrogens with zero attached hydrogens (tertiary/aromatic N) is 3. The Hall–Kier alpha value is -3.76. The number of carbonyl (C=O) groups is 1. The van der Waals surface area contributed by atoms with Crippen LogP contribution in [-0.4, -0.2) is 31.5 Å². The maximum absolute atomic E-state index is 14.1. The van der Waals surface area contributed by atoms with E-state index < -0.39 is 23.5 Å². The van der Waals surface area contributed by atoms with Gasteiger partial charge in [-0.25, -0.2) is 14.5 Å². The van der Waals surface area contributed by atoms with E-state index in [-0.39, 0.29) is 34.3 Å². The van der Waals surface area contributed by atoms with E-state index >= 15 is 0 Å². The summed E-state index contributed by atoms with van der Waals surface area (Å²) in [5, 5.41) is 11.1. The molecule has 0 saturated heterocycles. The molecule has 0 unspecified atom stereocenters. The standard InChI is InChI=1S/C24H19F4N5O2/c25-17-5-13(24(26,27)28)11-33-18(10-29-20(17)33)22(35)30-14-8-23(9-14)6-12(7-23)19-15-3-1-2-4-16(15)21(34)32-31-19/h1-5,10-12,14H,6-9H2,(H,30,35)(H,32,34). The van der Waals surface area contributed by atoms with Gasteiger partial charge in [0.1, 0.15) is 5.69 Å². The highest BCUT2D eigenvalue weighted by molar-refractivity contribution is 5.93. The molecule has 2 aliphatic carbocycles. The smallest absolute Gasteiger partial charge is 0.348 e. The van der Waals surface area contributed by atoms with Crippen LogP contribution >= 0.6 is 0 Å². The monoisotopic (exact) mass is 485 g/mol. The number of benzene rings is 1. The van der Waals surface area contributed by atoms with Crippen LogP contribution in [0.2, 0.25) is 0 Å². The second-order valence-electron chi connectivity index (χ2n) is 9.58. The number of nitrogens with one attached hydrogen (secondary N) is 2. The van der Waals surface area contributed by atoms with Crippen molar-refractivity contribution in [2.75, 3.05) is 0 Å².